The van der Waals surface area contributed by atoms with Crippen molar-refractivity contribution in [1.29, 1.82) is 0 Å². The van der Waals surface area contributed by atoms with Crippen LogP contribution < -0.4 is 4.74 Å². The van der Waals surface area contributed by atoms with Gasteiger partial charge in [-0.3, -0.25) is 0 Å². The van der Waals surface area contributed by atoms with Crippen LogP contribution in [0.4, 0.5) is 0 Å². The van der Waals surface area contributed by atoms with E-state index in [2.05, 4.69) is 20.9 Å². The van der Waals surface area contributed by atoms with Crippen molar-refractivity contribution in [2.24, 2.45) is 0 Å². The zero-order valence-electron chi connectivity index (χ0n) is 13.0. The summed E-state index contributed by atoms with van der Waals surface area (Å²) in [5.74, 6) is -2.98. The second-order valence-electron chi connectivity index (χ2n) is 4.45. The van der Waals surface area contributed by atoms with E-state index in [1.165, 1.54) is 0 Å². The molecule has 0 aliphatic carbocycles. The number of imidazole rings is 1. The summed E-state index contributed by atoms with van der Waals surface area (Å²) in [5.41, 5.74) is 0. The molecule has 10 heteroatoms. The van der Waals surface area contributed by atoms with E-state index < -0.39 is 11.9 Å². The van der Waals surface area contributed by atoms with E-state index in [-0.39, 0.29) is 0 Å². The van der Waals surface area contributed by atoms with Crippen molar-refractivity contribution >= 4 is 39.5 Å². The van der Waals surface area contributed by atoms with Crippen molar-refractivity contribution in [2.45, 2.75) is 6.54 Å². The summed E-state index contributed by atoms with van der Waals surface area (Å²) in [6.07, 6.45) is 5.42. The minimum absolute atomic E-state index is 0.477. The quantitative estimate of drug-likeness (QED) is 0.508. The molecule has 0 spiro atoms. The summed E-state index contributed by atoms with van der Waals surface area (Å²) in [7, 11) is 0. The van der Waals surface area contributed by atoms with Gasteiger partial charge in [-0.25, -0.2) is 14.6 Å². The molecule has 0 unspecified atom stereocenters. The molecule has 2 aromatic rings. The van der Waals surface area contributed by atoms with Crippen LogP contribution in [0, 0.1) is 0 Å². The van der Waals surface area contributed by atoms with Crippen LogP contribution in [-0.4, -0.2) is 51.5 Å². The van der Waals surface area contributed by atoms with Crippen LogP contribution in [0.1, 0.15) is 0 Å². The van der Waals surface area contributed by atoms with Crippen LogP contribution in [0.5, 0.6) is 5.75 Å². The van der Waals surface area contributed by atoms with E-state index in [0.717, 1.165) is 11.0 Å². The number of aromatic nitrogens is 2. The first-order chi connectivity index (χ1) is 11.9. The largest absolute Gasteiger partial charge is 0.490 e. The highest BCUT2D eigenvalue weighted by Gasteiger charge is 2.04. The minimum Gasteiger partial charge on any atom is -0.490 e. The van der Waals surface area contributed by atoms with Gasteiger partial charge in [-0.05, 0) is 18.2 Å². The van der Waals surface area contributed by atoms with Gasteiger partial charge in [0.15, 0.2) is 0 Å². The molecular weight excluding hydrogens is 420 g/mol. The highest BCUT2D eigenvalue weighted by molar-refractivity contribution is 9.10. The molecule has 0 radical (unpaired) electrons. The fourth-order valence-corrected chi connectivity index (χ4v) is 2.22. The lowest BCUT2D eigenvalue weighted by Gasteiger charge is -2.09. The third-order valence-corrected chi connectivity index (χ3v) is 3.40. The van der Waals surface area contributed by atoms with Crippen molar-refractivity contribution in [3.05, 3.63) is 46.4 Å². The molecule has 1 heterocycles. The number of aliphatic carboxylic acids is 2. The van der Waals surface area contributed by atoms with Gasteiger partial charge in [0.25, 0.3) is 0 Å². The molecule has 0 saturated heterocycles. The van der Waals surface area contributed by atoms with E-state index in [1.807, 2.05) is 22.9 Å². The molecule has 136 valence electrons. The maximum atomic E-state index is 9.10. The molecule has 1 aromatic carbocycles. The summed E-state index contributed by atoms with van der Waals surface area (Å²) in [6, 6.07) is 5.52. The zero-order valence-corrected chi connectivity index (χ0v) is 15.3. The topological polar surface area (TPSA) is 111 Å². The summed E-state index contributed by atoms with van der Waals surface area (Å²) < 4.78 is 13.9. The Morgan fingerprint density at radius 1 is 1.20 bits per heavy atom. The Morgan fingerprint density at radius 2 is 1.92 bits per heavy atom. The SMILES string of the molecule is Clc1cc(Br)ccc1OCCOCCn1ccnc1.O=C(O)C(=O)O. The highest BCUT2D eigenvalue weighted by Crippen LogP contribution is 2.27. The highest BCUT2D eigenvalue weighted by atomic mass is 79.9. The molecule has 0 aliphatic heterocycles. The monoisotopic (exact) mass is 434 g/mol. The number of carbonyl (C=O) groups is 2. The van der Waals surface area contributed by atoms with Gasteiger partial charge >= 0.3 is 11.9 Å². The molecule has 25 heavy (non-hydrogen) atoms. The van der Waals surface area contributed by atoms with Crippen molar-refractivity contribution in [2.75, 3.05) is 19.8 Å². The Kier molecular flexibility index (Phi) is 9.60. The second-order valence-corrected chi connectivity index (χ2v) is 5.77. The number of ether oxygens (including phenoxy) is 2. The fourth-order valence-electron chi connectivity index (χ4n) is 1.49. The number of hydrogen-bond acceptors (Lipinski definition) is 5. The zero-order chi connectivity index (χ0) is 18.7. The van der Waals surface area contributed by atoms with Gasteiger partial charge < -0.3 is 24.3 Å². The molecule has 0 bridgehead atoms. The number of benzene rings is 1. The molecular formula is C15H16BrClN2O6. The van der Waals surface area contributed by atoms with Crippen LogP contribution in [0.15, 0.2) is 41.4 Å². The molecule has 2 rings (SSSR count). The van der Waals surface area contributed by atoms with Crippen LogP contribution in [0.25, 0.3) is 0 Å². The van der Waals surface area contributed by atoms with Crippen LogP contribution in [0.2, 0.25) is 5.02 Å². The van der Waals surface area contributed by atoms with Crippen molar-refractivity contribution in [3.63, 3.8) is 0 Å². The van der Waals surface area contributed by atoms with Gasteiger partial charge in [0.05, 0.1) is 24.6 Å². The van der Waals surface area contributed by atoms with E-state index in [0.29, 0.717) is 30.6 Å². The number of halogens is 2. The molecule has 0 atom stereocenters. The molecule has 0 fully saturated rings. The van der Waals surface area contributed by atoms with Gasteiger partial charge in [0.1, 0.15) is 12.4 Å². The van der Waals surface area contributed by atoms with Crippen molar-refractivity contribution in [3.8, 4) is 5.75 Å². The predicted molar refractivity (Wildman–Crippen MR) is 93.0 cm³/mol. The summed E-state index contributed by atoms with van der Waals surface area (Å²) in [6.45, 7) is 2.43. The first kappa shape index (κ1) is 20.9. The van der Waals surface area contributed by atoms with Crippen LogP contribution in [0.3, 0.4) is 0 Å². The number of carboxylic acids is 2. The van der Waals surface area contributed by atoms with Gasteiger partial charge in [-0.2, -0.15) is 0 Å². The van der Waals surface area contributed by atoms with E-state index >= 15 is 0 Å². The normalized spacial score (nSPS) is 9.84. The first-order valence-corrected chi connectivity index (χ1v) is 8.14. The lowest BCUT2D eigenvalue weighted by molar-refractivity contribution is -0.159. The maximum Gasteiger partial charge on any atom is 0.414 e. The molecule has 0 saturated carbocycles. The lowest BCUT2D eigenvalue weighted by Crippen LogP contribution is -2.10. The number of nitrogens with zero attached hydrogens (tertiary/aromatic N) is 2. The second kappa shape index (κ2) is 11.5. The Bertz CT molecular complexity index is 669. The van der Waals surface area contributed by atoms with E-state index in [1.54, 1.807) is 18.6 Å². The maximum absolute atomic E-state index is 9.10. The summed E-state index contributed by atoms with van der Waals surface area (Å²) >= 11 is 9.38. The predicted octanol–water partition coefficient (Wildman–Crippen LogP) is 2.55. The van der Waals surface area contributed by atoms with E-state index in [4.69, 9.17) is 40.9 Å². The third-order valence-electron chi connectivity index (χ3n) is 2.62. The number of carboxylic acid groups (broad SMARTS) is 2. The summed E-state index contributed by atoms with van der Waals surface area (Å²) in [4.78, 5) is 22.2. The Morgan fingerprint density at radius 3 is 2.48 bits per heavy atom. The van der Waals surface area contributed by atoms with Crippen LogP contribution in [-0.2, 0) is 20.9 Å². The van der Waals surface area contributed by atoms with Gasteiger partial charge in [-0.1, -0.05) is 27.5 Å². The summed E-state index contributed by atoms with van der Waals surface area (Å²) in [5, 5.41) is 15.4. The van der Waals surface area contributed by atoms with Crippen molar-refractivity contribution in [1.82, 2.24) is 9.55 Å². The average molecular weight is 436 g/mol. The smallest absolute Gasteiger partial charge is 0.414 e. The molecule has 2 N–H and O–H groups in total. The fraction of sp³-hybridized carbons (Fsp3) is 0.267. The molecule has 1 aromatic heterocycles. The molecule has 0 amide bonds. The minimum atomic E-state index is -1.82. The van der Waals surface area contributed by atoms with Crippen LogP contribution >= 0.6 is 27.5 Å². The standard InChI is InChI=1S/C13H14BrClN2O2.C2H2O4/c14-11-1-2-13(12(15)9-11)19-8-7-18-6-5-17-4-3-16-10-17;3-1(4)2(5)6/h1-4,9-10H,5-8H2;(H,3,4)(H,5,6). The first-order valence-electron chi connectivity index (χ1n) is 6.97. The Labute approximate surface area is 157 Å². The van der Waals surface area contributed by atoms with Gasteiger partial charge in [0.2, 0.25) is 0 Å². The number of hydrogen-bond donors (Lipinski definition) is 2. The van der Waals surface area contributed by atoms with Gasteiger partial charge in [0, 0.05) is 23.4 Å². The lowest BCUT2D eigenvalue weighted by atomic mass is 10.3. The van der Waals surface area contributed by atoms with E-state index in [9.17, 15) is 0 Å². The van der Waals surface area contributed by atoms with Crippen molar-refractivity contribution < 1.29 is 29.3 Å². The Balaban J connectivity index is 0.000000450. The van der Waals surface area contributed by atoms with Gasteiger partial charge in [-0.15, -0.1) is 0 Å². The molecule has 8 nitrogen and oxygen atoms in total. The third kappa shape index (κ3) is 9.08. The molecule has 0 aliphatic rings. The number of rotatable bonds is 7. The Hall–Kier alpha value is -2.10. The average Bonchev–Trinajstić information content (AvgIpc) is 3.06.